The molecule has 0 aliphatic heterocycles. The minimum atomic E-state index is -0.0218. The lowest BCUT2D eigenvalue weighted by Crippen LogP contribution is -2.23. The average Bonchev–Trinajstić information content (AvgIpc) is 3.09. The summed E-state index contributed by atoms with van der Waals surface area (Å²) in [5, 5.41) is 16.0. The van der Waals surface area contributed by atoms with Crippen LogP contribution < -0.4 is 5.32 Å². The summed E-state index contributed by atoms with van der Waals surface area (Å²) in [5.41, 5.74) is 4.04. The molecule has 2 aromatic heterocycles. The quantitative estimate of drug-likeness (QED) is 0.790. The highest BCUT2D eigenvalue weighted by Gasteiger charge is 2.21. The van der Waals surface area contributed by atoms with Crippen LogP contribution in [-0.4, -0.2) is 31.8 Å². The molecule has 108 valence electrons. The molecule has 1 atom stereocenters. The lowest BCUT2D eigenvalue weighted by atomic mass is 10.1. The number of para-hydroxylation sites is 1. The van der Waals surface area contributed by atoms with E-state index in [0.717, 1.165) is 22.8 Å². The van der Waals surface area contributed by atoms with Crippen molar-refractivity contribution in [2.75, 3.05) is 7.05 Å². The van der Waals surface area contributed by atoms with Gasteiger partial charge in [0.2, 0.25) is 0 Å². The van der Waals surface area contributed by atoms with Crippen molar-refractivity contribution in [1.82, 2.24) is 30.1 Å². The van der Waals surface area contributed by atoms with Gasteiger partial charge in [-0.3, -0.25) is 4.68 Å². The zero-order valence-corrected chi connectivity index (χ0v) is 12.4. The molecule has 6 heteroatoms. The molecule has 2 heterocycles. The largest absolute Gasteiger partial charge is 0.307 e. The number of benzene rings is 1. The Morgan fingerprint density at radius 2 is 1.90 bits per heavy atom. The van der Waals surface area contributed by atoms with Crippen LogP contribution in [0.3, 0.4) is 0 Å². The molecule has 6 nitrogen and oxygen atoms in total. The fourth-order valence-corrected chi connectivity index (χ4v) is 2.56. The van der Waals surface area contributed by atoms with Gasteiger partial charge in [-0.1, -0.05) is 23.4 Å². The molecule has 0 fully saturated rings. The van der Waals surface area contributed by atoms with Gasteiger partial charge in [-0.25, -0.2) is 4.68 Å². The van der Waals surface area contributed by atoms with Crippen molar-refractivity contribution in [1.29, 1.82) is 0 Å². The first kappa shape index (κ1) is 13.5. The van der Waals surface area contributed by atoms with Crippen LogP contribution in [0.15, 0.2) is 42.6 Å². The molecule has 0 amide bonds. The average molecular weight is 282 g/mol. The van der Waals surface area contributed by atoms with Crippen LogP contribution in [0, 0.1) is 6.92 Å². The Bertz CT molecular complexity index is 728. The van der Waals surface area contributed by atoms with Gasteiger partial charge in [-0.2, -0.15) is 5.10 Å². The summed E-state index contributed by atoms with van der Waals surface area (Å²) in [6.07, 6.45) is 1.79. The fourth-order valence-electron chi connectivity index (χ4n) is 2.56. The molecule has 0 aliphatic carbocycles. The summed E-state index contributed by atoms with van der Waals surface area (Å²) in [5.74, 6) is 0. The SMILES string of the molecule is CNC(c1cc(C)nn1C)c1cnnn1-c1ccccc1. The van der Waals surface area contributed by atoms with E-state index in [-0.39, 0.29) is 6.04 Å². The number of aromatic nitrogens is 5. The van der Waals surface area contributed by atoms with E-state index < -0.39 is 0 Å². The normalized spacial score (nSPS) is 12.5. The maximum atomic E-state index is 4.42. The van der Waals surface area contributed by atoms with E-state index in [9.17, 15) is 0 Å². The summed E-state index contributed by atoms with van der Waals surface area (Å²) < 4.78 is 3.74. The van der Waals surface area contributed by atoms with Crippen LogP contribution in [0.4, 0.5) is 0 Å². The van der Waals surface area contributed by atoms with Gasteiger partial charge in [0.15, 0.2) is 0 Å². The van der Waals surface area contributed by atoms with Gasteiger partial charge >= 0.3 is 0 Å². The Morgan fingerprint density at radius 3 is 2.52 bits per heavy atom. The monoisotopic (exact) mass is 282 g/mol. The highest BCUT2D eigenvalue weighted by atomic mass is 15.4. The van der Waals surface area contributed by atoms with Gasteiger partial charge in [-0.05, 0) is 32.2 Å². The van der Waals surface area contributed by atoms with Crippen LogP contribution in [0.25, 0.3) is 5.69 Å². The first-order valence-corrected chi connectivity index (χ1v) is 6.84. The molecule has 0 radical (unpaired) electrons. The molecule has 1 N–H and O–H groups in total. The van der Waals surface area contributed by atoms with E-state index in [1.165, 1.54) is 0 Å². The molecule has 0 spiro atoms. The third-order valence-corrected chi connectivity index (χ3v) is 3.49. The van der Waals surface area contributed by atoms with Crippen molar-refractivity contribution < 1.29 is 0 Å². The summed E-state index contributed by atoms with van der Waals surface area (Å²) in [4.78, 5) is 0. The highest BCUT2D eigenvalue weighted by Crippen LogP contribution is 2.23. The number of rotatable bonds is 4. The molecule has 0 saturated heterocycles. The first-order valence-electron chi connectivity index (χ1n) is 6.84. The number of nitrogens with zero attached hydrogens (tertiary/aromatic N) is 5. The van der Waals surface area contributed by atoms with Crippen molar-refractivity contribution in [3.05, 3.63) is 59.7 Å². The van der Waals surface area contributed by atoms with Crippen LogP contribution in [0.5, 0.6) is 0 Å². The van der Waals surface area contributed by atoms with E-state index >= 15 is 0 Å². The molecule has 21 heavy (non-hydrogen) atoms. The smallest absolute Gasteiger partial charge is 0.0937 e. The summed E-state index contributed by atoms with van der Waals surface area (Å²) in [6, 6.07) is 12.0. The maximum absolute atomic E-state index is 4.42. The lowest BCUT2D eigenvalue weighted by molar-refractivity contribution is 0.575. The second kappa shape index (κ2) is 5.49. The Kier molecular flexibility index (Phi) is 3.53. The molecule has 1 aromatic carbocycles. The summed E-state index contributed by atoms with van der Waals surface area (Å²) in [7, 11) is 3.87. The minimum absolute atomic E-state index is 0.0218. The molecule has 3 rings (SSSR count). The van der Waals surface area contributed by atoms with E-state index in [2.05, 4.69) is 26.8 Å². The molecular formula is C15H18N6. The zero-order valence-electron chi connectivity index (χ0n) is 12.4. The number of nitrogens with one attached hydrogen (secondary N) is 1. The Balaban J connectivity index is 2.07. The minimum Gasteiger partial charge on any atom is -0.307 e. The summed E-state index contributed by atoms with van der Waals surface area (Å²) in [6.45, 7) is 1.99. The topological polar surface area (TPSA) is 60.6 Å². The molecule has 0 bridgehead atoms. The van der Waals surface area contributed by atoms with Crippen LogP contribution in [-0.2, 0) is 7.05 Å². The Hall–Kier alpha value is -2.47. The van der Waals surface area contributed by atoms with Gasteiger partial charge in [0, 0.05) is 7.05 Å². The lowest BCUT2D eigenvalue weighted by Gasteiger charge is -2.17. The van der Waals surface area contributed by atoms with Crippen LogP contribution in [0.2, 0.25) is 0 Å². The molecular weight excluding hydrogens is 264 g/mol. The predicted octanol–water partition coefficient (Wildman–Crippen LogP) is 1.62. The number of hydrogen-bond acceptors (Lipinski definition) is 4. The predicted molar refractivity (Wildman–Crippen MR) is 80.2 cm³/mol. The Labute approximate surface area is 123 Å². The standard InChI is InChI=1S/C15H18N6/c1-11-9-13(20(3)18-11)15(16-2)14-10-17-19-21(14)12-7-5-4-6-8-12/h4-10,15-16H,1-3H3. The zero-order chi connectivity index (χ0) is 14.8. The highest BCUT2D eigenvalue weighted by molar-refractivity contribution is 5.34. The van der Waals surface area contributed by atoms with Crippen molar-refractivity contribution in [2.24, 2.45) is 7.05 Å². The van der Waals surface area contributed by atoms with E-state index in [1.54, 1.807) is 6.20 Å². The second-order valence-corrected chi connectivity index (χ2v) is 4.96. The third kappa shape index (κ3) is 2.45. The van der Waals surface area contributed by atoms with E-state index in [0.29, 0.717) is 0 Å². The molecule has 0 aliphatic rings. The van der Waals surface area contributed by atoms with E-state index in [4.69, 9.17) is 0 Å². The summed E-state index contributed by atoms with van der Waals surface area (Å²) >= 11 is 0. The molecule has 1 unspecified atom stereocenters. The molecule has 3 aromatic rings. The van der Waals surface area contributed by atoms with Crippen molar-refractivity contribution in [2.45, 2.75) is 13.0 Å². The number of hydrogen-bond donors (Lipinski definition) is 1. The van der Waals surface area contributed by atoms with E-state index in [1.807, 2.05) is 60.7 Å². The van der Waals surface area contributed by atoms with Crippen molar-refractivity contribution >= 4 is 0 Å². The van der Waals surface area contributed by atoms with Gasteiger partial charge in [0.05, 0.1) is 35.0 Å². The third-order valence-electron chi connectivity index (χ3n) is 3.49. The first-order chi connectivity index (χ1) is 10.2. The van der Waals surface area contributed by atoms with Crippen LogP contribution >= 0.6 is 0 Å². The van der Waals surface area contributed by atoms with Gasteiger partial charge < -0.3 is 5.32 Å². The van der Waals surface area contributed by atoms with Crippen molar-refractivity contribution in [3.63, 3.8) is 0 Å². The van der Waals surface area contributed by atoms with Gasteiger partial charge in [0.25, 0.3) is 0 Å². The molecule has 0 saturated carbocycles. The maximum Gasteiger partial charge on any atom is 0.0937 e. The van der Waals surface area contributed by atoms with Crippen molar-refractivity contribution in [3.8, 4) is 5.69 Å². The van der Waals surface area contributed by atoms with Crippen LogP contribution in [0.1, 0.15) is 23.1 Å². The fraction of sp³-hybridized carbons (Fsp3) is 0.267. The van der Waals surface area contributed by atoms with Gasteiger partial charge in [0.1, 0.15) is 0 Å². The number of aryl methyl sites for hydroxylation is 2. The second-order valence-electron chi connectivity index (χ2n) is 4.96. The van der Waals surface area contributed by atoms with Gasteiger partial charge in [-0.15, -0.1) is 5.10 Å². The Morgan fingerprint density at radius 1 is 1.14 bits per heavy atom.